The zero-order valence-corrected chi connectivity index (χ0v) is 23.0. The van der Waals surface area contributed by atoms with E-state index in [1.807, 2.05) is 32.0 Å². The molecule has 0 atom stereocenters. The summed E-state index contributed by atoms with van der Waals surface area (Å²) < 4.78 is 17.3. The first kappa shape index (κ1) is 26.8. The molecule has 0 fully saturated rings. The van der Waals surface area contributed by atoms with Crippen LogP contribution in [0, 0.1) is 25.2 Å². The van der Waals surface area contributed by atoms with Crippen LogP contribution in [0.5, 0.6) is 17.2 Å². The molecule has 0 aliphatic carbocycles. The van der Waals surface area contributed by atoms with Gasteiger partial charge in [0.1, 0.15) is 24.0 Å². The van der Waals surface area contributed by atoms with Crippen molar-refractivity contribution < 1.29 is 19.0 Å². The first-order valence-electron chi connectivity index (χ1n) is 11.9. The summed E-state index contributed by atoms with van der Waals surface area (Å²) in [6.45, 7) is 8.77. The van der Waals surface area contributed by atoms with E-state index in [0.717, 1.165) is 28.3 Å². The summed E-state index contributed by atoms with van der Waals surface area (Å²) in [7, 11) is 1.51. The maximum absolute atomic E-state index is 12.7. The van der Waals surface area contributed by atoms with Gasteiger partial charge in [-0.1, -0.05) is 43.6 Å². The van der Waals surface area contributed by atoms with Gasteiger partial charge in [-0.3, -0.25) is 10.2 Å². The molecule has 1 amide bonds. The van der Waals surface area contributed by atoms with Crippen LogP contribution in [0.1, 0.15) is 37.0 Å². The Labute approximate surface area is 225 Å². The first-order valence-corrected chi connectivity index (χ1v) is 13.1. The summed E-state index contributed by atoms with van der Waals surface area (Å²) in [5.41, 5.74) is 2.81. The molecule has 2 aromatic carbocycles. The van der Waals surface area contributed by atoms with Gasteiger partial charge in [0.25, 0.3) is 5.91 Å². The normalized spacial score (nSPS) is 16.2. The van der Waals surface area contributed by atoms with Crippen molar-refractivity contribution in [1.82, 2.24) is 5.01 Å². The molecule has 0 unspecified atom stereocenters. The lowest BCUT2D eigenvalue weighted by Crippen LogP contribution is -2.35. The molecule has 0 aromatic heterocycles. The van der Waals surface area contributed by atoms with Crippen molar-refractivity contribution in [3.63, 3.8) is 0 Å². The fraction of sp³-hybridized carbons (Fsp3) is 0.333. The molecule has 0 saturated carbocycles. The average molecular weight is 541 g/mol. The third-order valence-corrected chi connectivity index (χ3v) is 6.84. The minimum Gasteiger partial charge on any atom is -0.493 e. The zero-order valence-electron chi connectivity index (χ0n) is 21.4. The second-order valence-electron chi connectivity index (χ2n) is 9.06. The number of hydrogen-bond acceptors (Lipinski definition) is 7. The van der Waals surface area contributed by atoms with Crippen LogP contribution in [0.2, 0.25) is 5.02 Å². The van der Waals surface area contributed by atoms with Crippen molar-refractivity contribution in [2.24, 2.45) is 16.0 Å². The molecule has 37 heavy (non-hydrogen) atoms. The number of benzene rings is 2. The highest BCUT2D eigenvalue weighted by Crippen LogP contribution is 2.38. The van der Waals surface area contributed by atoms with Gasteiger partial charge in [-0.05, 0) is 66.4 Å². The van der Waals surface area contributed by atoms with Gasteiger partial charge < -0.3 is 14.2 Å². The number of hydrogen-bond donors (Lipinski definition) is 1. The van der Waals surface area contributed by atoms with Crippen LogP contribution >= 0.6 is 23.4 Å². The summed E-state index contributed by atoms with van der Waals surface area (Å²) >= 11 is 7.86. The van der Waals surface area contributed by atoms with E-state index in [1.54, 1.807) is 18.2 Å². The summed E-state index contributed by atoms with van der Waals surface area (Å²) in [5, 5.41) is 16.0. The van der Waals surface area contributed by atoms with Crippen LogP contribution < -0.4 is 14.2 Å². The number of methoxy groups -OCH3 is 1. The molecule has 194 valence electrons. The standard InChI is InChI=1S/C27H29ClN4O4S/c1-15(2)11-22-31-32-25(29)19(26(33)30-27(32)37-22)12-18-13-20(28)24(21(14-18)34-5)36-10-9-35-23-16(3)7-6-8-17(23)4/h6-8,12-15,29H,9-11H2,1-5H3/b19-12-,29-25?. The number of halogens is 1. The topological polar surface area (TPSA) is 96.6 Å². The molecule has 10 heteroatoms. The maximum Gasteiger partial charge on any atom is 0.283 e. The summed E-state index contributed by atoms with van der Waals surface area (Å²) in [6.07, 6.45) is 2.32. The van der Waals surface area contributed by atoms with Crippen molar-refractivity contribution in [3.8, 4) is 17.2 Å². The van der Waals surface area contributed by atoms with Gasteiger partial charge in [0.15, 0.2) is 17.3 Å². The zero-order chi connectivity index (χ0) is 26.7. The van der Waals surface area contributed by atoms with Gasteiger partial charge in [0, 0.05) is 6.42 Å². The Morgan fingerprint density at radius 1 is 1.14 bits per heavy atom. The number of carbonyl (C=O) groups excluding carboxylic acids is 1. The van der Waals surface area contributed by atoms with E-state index >= 15 is 0 Å². The summed E-state index contributed by atoms with van der Waals surface area (Å²) in [5.74, 6) is 1.50. The molecule has 0 bridgehead atoms. The van der Waals surface area contributed by atoms with Crippen molar-refractivity contribution in [1.29, 1.82) is 5.41 Å². The molecule has 2 heterocycles. The number of ether oxygens (including phenoxy) is 3. The average Bonchev–Trinajstić information content (AvgIpc) is 3.23. The van der Waals surface area contributed by atoms with Crippen LogP contribution in [0.4, 0.5) is 0 Å². The van der Waals surface area contributed by atoms with Crippen LogP contribution in [0.3, 0.4) is 0 Å². The number of amidine groups is 2. The molecular weight excluding hydrogens is 512 g/mol. The molecule has 0 saturated heterocycles. The van der Waals surface area contributed by atoms with Crippen LogP contribution in [0.25, 0.3) is 6.08 Å². The number of aryl methyl sites for hydroxylation is 2. The Kier molecular flexibility index (Phi) is 8.24. The smallest absolute Gasteiger partial charge is 0.283 e. The Hall–Kier alpha value is -3.30. The largest absolute Gasteiger partial charge is 0.493 e. The third kappa shape index (κ3) is 5.99. The van der Waals surface area contributed by atoms with E-state index in [0.29, 0.717) is 39.8 Å². The van der Waals surface area contributed by atoms with E-state index in [9.17, 15) is 4.79 Å². The molecule has 2 aliphatic heterocycles. The highest BCUT2D eigenvalue weighted by Gasteiger charge is 2.35. The van der Waals surface area contributed by atoms with Crippen LogP contribution in [0.15, 0.2) is 46.0 Å². The highest BCUT2D eigenvalue weighted by atomic mass is 35.5. The van der Waals surface area contributed by atoms with Gasteiger partial charge >= 0.3 is 0 Å². The fourth-order valence-corrected chi connectivity index (χ4v) is 5.28. The lowest BCUT2D eigenvalue weighted by atomic mass is 10.1. The van der Waals surface area contributed by atoms with E-state index in [1.165, 1.54) is 23.9 Å². The number of nitrogens with one attached hydrogen (secondary N) is 1. The van der Waals surface area contributed by atoms with E-state index in [4.69, 9.17) is 31.2 Å². The minimum atomic E-state index is -0.496. The number of para-hydroxylation sites is 1. The SMILES string of the molecule is COc1cc(/C=C2/C(=N)N3N=C(CC(C)C)SC3=NC2=O)cc(Cl)c1OCCOc1c(C)cccc1C. The molecular formula is C27H29ClN4O4S. The van der Waals surface area contributed by atoms with Gasteiger partial charge in [-0.15, -0.1) is 0 Å². The van der Waals surface area contributed by atoms with Gasteiger partial charge in [-0.2, -0.15) is 15.1 Å². The van der Waals surface area contributed by atoms with Gasteiger partial charge in [-0.25, -0.2) is 0 Å². The lowest BCUT2D eigenvalue weighted by molar-refractivity contribution is -0.114. The predicted octanol–water partition coefficient (Wildman–Crippen LogP) is 6.09. The van der Waals surface area contributed by atoms with Gasteiger partial charge in [0.05, 0.1) is 17.7 Å². The number of thioether (sulfide) groups is 1. The Balaban J connectivity index is 1.49. The molecule has 0 radical (unpaired) electrons. The fourth-order valence-electron chi connectivity index (χ4n) is 3.91. The van der Waals surface area contributed by atoms with E-state index < -0.39 is 5.91 Å². The number of fused-ring (bicyclic) bond motifs is 1. The number of carbonyl (C=O) groups is 1. The summed E-state index contributed by atoms with van der Waals surface area (Å²) in [4.78, 5) is 16.9. The van der Waals surface area contributed by atoms with Crippen molar-refractivity contribution >= 4 is 51.4 Å². The van der Waals surface area contributed by atoms with Crippen molar-refractivity contribution in [3.05, 3.63) is 57.6 Å². The number of hydrazone groups is 1. The molecule has 2 aromatic rings. The monoisotopic (exact) mass is 540 g/mol. The molecule has 8 nitrogen and oxygen atoms in total. The predicted molar refractivity (Wildman–Crippen MR) is 149 cm³/mol. The van der Waals surface area contributed by atoms with Crippen molar-refractivity contribution in [2.75, 3.05) is 20.3 Å². The lowest BCUT2D eigenvalue weighted by Gasteiger charge is -2.20. The second kappa shape index (κ2) is 11.4. The number of nitrogens with zero attached hydrogens (tertiary/aromatic N) is 3. The number of aliphatic imine (C=N–C) groups is 1. The van der Waals surface area contributed by atoms with Crippen LogP contribution in [-0.4, -0.2) is 47.3 Å². The quantitative estimate of drug-likeness (QED) is 0.305. The van der Waals surface area contributed by atoms with Crippen molar-refractivity contribution in [2.45, 2.75) is 34.1 Å². The summed E-state index contributed by atoms with van der Waals surface area (Å²) in [6, 6.07) is 9.35. The van der Waals surface area contributed by atoms with Crippen LogP contribution in [-0.2, 0) is 4.79 Å². The molecule has 0 spiro atoms. The third-order valence-electron chi connectivity index (χ3n) is 5.63. The Morgan fingerprint density at radius 3 is 2.46 bits per heavy atom. The molecule has 4 rings (SSSR count). The highest BCUT2D eigenvalue weighted by molar-refractivity contribution is 8.26. The second-order valence-corrected chi connectivity index (χ2v) is 10.5. The van der Waals surface area contributed by atoms with Gasteiger partial charge in [0.2, 0.25) is 5.17 Å². The maximum atomic E-state index is 12.7. The van der Waals surface area contributed by atoms with E-state index in [2.05, 4.69) is 23.9 Å². The minimum absolute atomic E-state index is 0.0275. The number of rotatable bonds is 9. The van der Waals surface area contributed by atoms with E-state index in [-0.39, 0.29) is 18.0 Å². The Bertz CT molecular complexity index is 1320. The number of amides is 1. The molecule has 1 N–H and O–H groups in total. The molecule has 2 aliphatic rings. The first-order chi connectivity index (χ1) is 17.7. The Morgan fingerprint density at radius 2 is 1.81 bits per heavy atom.